The van der Waals surface area contributed by atoms with E-state index in [9.17, 15) is 9.59 Å². The third kappa shape index (κ3) is 4.45. The third-order valence-electron chi connectivity index (χ3n) is 2.89. The summed E-state index contributed by atoms with van der Waals surface area (Å²) in [5.41, 5.74) is 1.08. The topological polar surface area (TPSA) is 52.6 Å². The maximum atomic E-state index is 12.1. The van der Waals surface area contributed by atoms with Crippen molar-refractivity contribution in [3.63, 3.8) is 0 Å². The van der Waals surface area contributed by atoms with Gasteiger partial charge in [0.05, 0.1) is 18.1 Å². The van der Waals surface area contributed by atoms with Crippen LogP contribution in [0, 0.1) is 0 Å². The molecular weight excluding hydrogens is 280 g/mol. The van der Waals surface area contributed by atoms with Crippen LogP contribution in [0.5, 0.6) is 5.75 Å². The lowest BCUT2D eigenvalue weighted by atomic mass is 10.1. The lowest BCUT2D eigenvalue weighted by Crippen LogP contribution is -2.15. The predicted octanol–water partition coefficient (Wildman–Crippen LogP) is 3.40. The summed E-state index contributed by atoms with van der Waals surface area (Å²) in [5.74, 6) is -0.430. The highest BCUT2D eigenvalue weighted by atomic mass is 16.5. The van der Waals surface area contributed by atoms with E-state index < -0.39 is 5.97 Å². The van der Waals surface area contributed by atoms with Crippen molar-refractivity contribution in [1.29, 1.82) is 0 Å². The van der Waals surface area contributed by atoms with Crippen molar-refractivity contribution in [2.75, 3.05) is 0 Å². The van der Waals surface area contributed by atoms with Crippen LogP contribution in [-0.4, -0.2) is 18.0 Å². The van der Waals surface area contributed by atoms with Crippen molar-refractivity contribution in [3.05, 3.63) is 65.7 Å². The Kier molecular flexibility index (Phi) is 5.31. The number of hydrogen-bond acceptors (Lipinski definition) is 4. The highest BCUT2D eigenvalue weighted by molar-refractivity contribution is 5.91. The molecule has 0 fully saturated rings. The fourth-order valence-corrected chi connectivity index (χ4v) is 1.94. The van der Waals surface area contributed by atoms with Gasteiger partial charge in [0.1, 0.15) is 5.75 Å². The van der Waals surface area contributed by atoms with E-state index in [0.29, 0.717) is 16.9 Å². The van der Waals surface area contributed by atoms with Crippen LogP contribution >= 0.6 is 0 Å². The Hall–Kier alpha value is -2.62. The molecule has 0 aromatic heterocycles. The second-order valence-electron chi connectivity index (χ2n) is 5.08. The highest BCUT2D eigenvalue weighted by Crippen LogP contribution is 2.20. The van der Waals surface area contributed by atoms with Crippen molar-refractivity contribution < 1.29 is 19.1 Å². The zero-order chi connectivity index (χ0) is 15.9. The Balaban J connectivity index is 2.11. The summed E-state index contributed by atoms with van der Waals surface area (Å²) in [5, 5.41) is 0. The largest absolute Gasteiger partial charge is 0.463 e. The first-order valence-corrected chi connectivity index (χ1v) is 7.11. The summed E-state index contributed by atoms with van der Waals surface area (Å²) < 4.78 is 10.5. The minimum Gasteiger partial charge on any atom is -0.463 e. The first-order valence-electron chi connectivity index (χ1n) is 7.11. The van der Waals surface area contributed by atoms with Gasteiger partial charge in [0.15, 0.2) is 0 Å². The molecule has 0 aliphatic carbocycles. The number of para-hydroxylation sites is 1. The minimum absolute atomic E-state index is 0.0659. The van der Waals surface area contributed by atoms with Gasteiger partial charge in [0.25, 0.3) is 0 Å². The summed E-state index contributed by atoms with van der Waals surface area (Å²) in [6, 6.07) is 15.7. The monoisotopic (exact) mass is 298 g/mol. The second kappa shape index (κ2) is 7.41. The maximum absolute atomic E-state index is 12.1. The van der Waals surface area contributed by atoms with Crippen molar-refractivity contribution in [1.82, 2.24) is 0 Å². The molecule has 0 saturated carbocycles. The van der Waals surface area contributed by atoms with Gasteiger partial charge in [-0.3, -0.25) is 4.79 Å². The molecule has 2 aromatic carbocycles. The van der Waals surface area contributed by atoms with Crippen LogP contribution in [0.3, 0.4) is 0 Å². The van der Waals surface area contributed by atoms with Crippen molar-refractivity contribution >= 4 is 11.9 Å². The Morgan fingerprint density at radius 3 is 2.27 bits per heavy atom. The number of rotatable bonds is 5. The molecule has 0 N–H and O–H groups in total. The van der Waals surface area contributed by atoms with Crippen LogP contribution < -0.4 is 4.74 Å². The first-order chi connectivity index (χ1) is 10.6. The molecule has 2 aromatic rings. The standard InChI is InChI=1S/C18H18O4/c1-13(2)21-17(19)12-15-10-6-7-11-16(15)22-18(20)14-8-4-3-5-9-14/h3-11,13H,12H2,1-2H3. The number of benzene rings is 2. The lowest BCUT2D eigenvalue weighted by molar-refractivity contribution is -0.146. The fraction of sp³-hybridized carbons (Fsp3) is 0.222. The van der Waals surface area contributed by atoms with E-state index in [-0.39, 0.29) is 18.5 Å². The lowest BCUT2D eigenvalue weighted by Gasteiger charge is -2.11. The summed E-state index contributed by atoms with van der Waals surface area (Å²) in [6.07, 6.45) is -0.109. The summed E-state index contributed by atoms with van der Waals surface area (Å²) in [6.45, 7) is 3.58. The van der Waals surface area contributed by atoms with Crippen LogP contribution in [0.2, 0.25) is 0 Å². The van der Waals surface area contributed by atoms with Crippen molar-refractivity contribution in [2.24, 2.45) is 0 Å². The summed E-state index contributed by atoms with van der Waals surface area (Å²) >= 11 is 0. The molecule has 4 nitrogen and oxygen atoms in total. The fourth-order valence-electron chi connectivity index (χ4n) is 1.94. The Bertz CT molecular complexity index is 647. The van der Waals surface area contributed by atoms with E-state index in [4.69, 9.17) is 9.47 Å². The molecule has 0 spiro atoms. The smallest absolute Gasteiger partial charge is 0.343 e. The second-order valence-corrected chi connectivity index (χ2v) is 5.08. The average Bonchev–Trinajstić information content (AvgIpc) is 2.49. The van der Waals surface area contributed by atoms with Gasteiger partial charge in [-0.05, 0) is 32.0 Å². The van der Waals surface area contributed by atoms with Gasteiger partial charge in [0, 0.05) is 5.56 Å². The van der Waals surface area contributed by atoms with Gasteiger partial charge in [-0.15, -0.1) is 0 Å². The minimum atomic E-state index is -0.453. The maximum Gasteiger partial charge on any atom is 0.343 e. The molecule has 2 rings (SSSR count). The van der Waals surface area contributed by atoms with Gasteiger partial charge in [0.2, 0.25) is 0 Å². The molecule has 0 heterocycles. The summed E-state index contributed by atoms with van der Waals surface area (Å²) in [4.78, 5) is 23.9. The number of ether oxygens (including phenoxy) is 2. The zero-order valence-electron chi connectivity index (χ0n) is 12.6. The van der Waals surface area contributed by atoms with Gasteiger partial charge < -0.3 is 9.47 Å². The average molecular weight is 298 g/mol. The van der Waals surface area contributed by atoms with Crippen molar-refractivity contribution in [2.45, 2.75) is 26.4 Å². The third-order valence-corrected chi connectivity index (χ3v) is 2.89. The van der Waals surface area contributed by atoms with E-state index in [1.807, 2.05) is 6.07 Å². The molecule has 0 aliphatic rings. The van der Waals surface area contributed by atoms with Gasteiger partial charge in [-0.2, -0.15) is 0 Å². The van der Waals surface area contributed by atoms with Crippen LogP contribution in [-0.2, 0) is 16.0 Å². The molecule has 114 valence electrons. The van der Waals surface area contributed by atoms with Crippen LogP contribution in [0.1, 0.15) is 29.8 Å². The molecule has 4 heteroatoms. The number of esters is 2. The highest BCUT2D eigenvalue weighted by Gasteiger charge is 2.14. The van der Waals surface area contributed by atoms with Gasteiger partial charge in [-0.1, -0.05) is 36.4 Å². The number of carbonyl (C=O) groups is 2. The number of hydrogen-bond donors (Lipinski definition) is 0. The zero-order valence-corrected chi connectivity index (χ0v) is 12.6. The van der Waals surface area contributed by atoms with Crippen LogP contribution in [0.4, 0.5) is 0 Å². The Morgan fingerprint density at radius 1 is 0.955 bits per heavy atom. The molecule has 0 bridgehead atoms. The Morgan fingerprint density at radius 2 is 1.59 bits per heavy atom. The van der Waals surface area contributed by atoms with Gasteiger partial charge >= 0.3 is 11.9 Å². The summed E-state index contributed by atoms with van der Waals surface area (Å²) in [7, 11) is 0. The predicted molar refractivity (Wildman–Crippen MR) is 82.8 cm³/mol. The molecule has 0 atom stereocenters. The van der Waals surface area contributed by atoms with E-state index >= 15 is 0 Å². The van der Waals surface area contributed by atoms with Gasteiger partial charge in [-0.25, -0.2) is 4.79 Å². The van der Waals surface area contributed by atoms with E-state index in [2.05, 4.69) is 0 Å². The van der Waals surface area contributed by atoms with Crippen molar-refractivity contribution in [3.8, 4) is 5.75 Å². The number of carbonyl (C=O) groups excluding carboxylic acids is 2. The molecule has 0 radical (unpaired) electrons. The first kappa shape index (κ1) is 15.8. The molecule has 0 amide bonds. The molecular formula is C18H18O4. The van der Waals surface area contributed by atoms with E-state index in [0.717, 1.165) is 0 Å². The van der Waals surface area contributed by atoms with E-state index in [1.54, 1.807) is 62.4 Å². The SMILES string of the molecule is CC(C)OC(=O)Cc1ccccc1OC(=O)c1ccccc1. The molecule has 22 heavy (non-hydrogen) atoms. The van der Waals surface area contributed by atoms with Crippen LogP contribution in [0.15, 0.2) is 54.6 Å². The van der Waals surface area contributed by atoms with E-state index in [1.165, 1.54) is 0 Å². The quantitative estimate of drug-likeness (QED) is 0.627. The Labute approximate surface area is 129 Å². The molecule has 0 saturated heterocycles. The molecule has 0 aliphatic heterocycles. The molecule has 0 unspecified atom stereocenters. The van der Waals surface area contributed by atoms with Crippen LogP contribution in [0.25, 0.3) is 0 Å². The normalized spacial score (nSPS) is 10.3.